The van der Waals surface area contributed by atoms with Crippen LogP contribution < -0.4 is 5.32 Å². The number of furan rings is 1. The summed E-state index contributed by atoms with van der Waals surface area (Å²) in [6.07, 6.45) is 0.286. The Morgan fingerprint density at radius 2 is 1.93 bits per heavy atom. The van der Waals surface area contributed by atoms with Crippen LogP contribution in [0, 0.1) is 11.8 Å². The van der Waals surface area contributed by atoms with E-state index in [1.165, 1.54) is 18.3 Å². The molecule has 3 heterocycles. The Morgan fingerprint density at radius 3 is 2.59 bits per heavy atom. The van der Waals surface area contributed by atoms with Crippen molar-refractivity contribution < 1.29 is 22.4 Å². The lowest BCUT2D eigenvalue weighted by atomic mass is 10.1. The molecule has 29 heavy (non-hydrogen) atoms. The third-order valence-corrected chi connectivity index (χ3v) is 5.07. The molecule has 3 aromatic rings. The summed E-state index contributed by atoms with van der Waals surface area (Å²) in [4.78, 5) is 16.3. The fourth-order valence-corrected chi connectivity index (χ4v) is 3.60. The van der Waals surface area contributed by atoms with Gasteiger partial charge in [-0.15, -0.1) is 0 Å². The number of aromatic nitrogens is 1. The number of benzene rings is 1. The van der Waals surface area contributed by atoms with Gasteiger partial charge in [0.1, 0.15) is 10.1 Å². The van der Waals surface area contributed by atoms with Crippen LogP contribution in [0.2, 0.25) is 0 Å². The van der Waals surface area contributed by atoms with Gasteiger partial charge in [0.15, 0.2) is 5.58 Å². The molecule has 0 unspecified atom stereocenters. The van der Waals surface area contributed by atoms with E-state index >= 15 is 0 Å². The van der Waals surface area contributed by atoms with Gasteiger partial charge < -0.3 is 9.73 Å². The number of amides is 1. The standard InChI is InChI=1S/C20H9F3N2O2S2/c21-20(22,23)14-5-2-11(3-6-14)1-4-12-9-24-10-13-7-15(27-17(12)13)8-16-18(26)25-19(28)29-16/h2-3,5-10H,(H,25,26,28). The monoisotopic (exact) mass is 430 g/mol. The number of halogens is 3. The number of pyridine rings is 1. The van der Waals surface area contributed by atoms with Crippen molar-refractivity contribution in [3.8, 4) is 11.8 Å². The highest BCUT2D eigenvalue weighted by Gasteiger charge is 2.29. The Balaban J connectivity index is 1.65. The van der Waals surface area contributed by atoms with E-state index in [9.17, 15) is 18.0 Å². The van der Waals surface area contributed by atoms with Crippen LogP contribution in [-0.2, 0) is 11.0 Å². The van der Waals surface area contributed by atoms with Crippen LogP contribution in [0.4, 0.5) is 13.2 Å². The summed E-state index contributed by atoms with van der Waals surface area (Å²) >= 11 is 6.09. The lowest BCUT2D eigenvalue weighted by Crippen LogP contribution is -2.17. The molecule has 1 fully saturated rings. The number of hydrogen-bond acceptors (Lipinski definition) is 5. The SMILES string of the molecule is O=C1NC(=S)SC1=Cc1cc2cncc(C#Cc3ccc(C(F)(F)F)cc3)c2o1. The molecule has 2 aromatic heterocycles. The van der Waals surface area contributed by atoms with Crippen LogP contribution in [0.25, 0.3) is 17.0 Å². The third-order valence-electron chi connectivity index (χ3n) is 3.91. The summed E-state index contributed by atoms with van der Waals surface area (Å²) in [7, 11) is 0. The van der Waals surface area contributed by atoms with E-state index in [2.05, 4.69) is 22.1 Å². The topological polar surface area (TPSA) is 55.1 Å². The van der Waals surface area contributed by atoms with E-state index in [4.69, 9.17) is 16.6 Å². The van der Waals surface area contributed by atoms with Crippen molar-refractivity contribution in [2.75, 3.05) is 0 Å². The zero-order valence-electron chi connectivity index (χ0n) is 14.3. The minimum absolute atomic E-state index is 0.291. The molecular weight excluding hydrogens is 421 g/mol. The number of alkyl halides is 3. The Hall–Kier alpha value is -3.09. The highest BCUT2D eigenvalue weighted by Crippen LogP contribution is 2.30. The van der Waals surface area contributed by atoms with Crippen molar-refractivity contribution in [1.82, 2.24) is 10.3 Å². The molecule has 1 N–H and O–H groups in total. The summed E-state index contributed by atoms with van der Waals surface area (Å²) in [6.45, 7) is 0. The molecule has 1 aliphatic heterocycles. The van der Waals surface area contributed by atoms with Crippen molar-refractivity contribution >= 4 is 51.3 Å². The van der Waals surface area contributed by atoms with Crippen molar-refractivity contribution in [1.29, 1.82) is 0 Å². The average Bonchev–Trinajstić information content (AvgIpc) is 3.22. The number of nitrogens with one attached hydrogen (secondary N) is 1. The lowest BCUT2D eigenvalue weighted by molar-refractivity contribution is -0.137. The van der Waals surface area contributed by atoms with Gasteiger partial charge in [-0.05, 0) is 30.3 Å². The number of thioether (sulfide) groups is 1. The van der Waals surface area contributed by atoms with Crippen LogP contribution in [0.15, 0.2) is 52.0 Å². The summed E-state index contributed by atoms with van der Waals surface area (Å²) in [5.41, 5.74) is 0.642. The number of hydrogen-bond donors (Lipinski definition) is 1. The first-order valence-electron chi connectivity index (χ1n) is 8.11. The Kier molecular flexibility index (Phi) is 4.90. The first-order valence-corrected chi connectivity index (χ1v) is 9.34. The fraction of sp³-hybridized carbons (Fsp3) is 0.0500. The first-order chi connectivity index (χ1) is 13.8. The molecule has 0 radical (unpaired) electrons. The van der Waals surface area contributed by atoms with E-state index in [0.717, 1.165) is 23.9 Å². The summed E-state index contributed by atoms with van der Waals surface area (Å²) in [6, 6.07) is 6.29. The van der Waals surface area contributed by atoms with Gasteiger partial charge in [0.25, 0.3) is 5.91 Å². The smallest absolute Gasteiger partial charge is 0.416 e. The molecule has 4 rings (SSSR count). The van der Waals surface area contributed by atoms with E-state index in [1.54, 1.807) is 18.3 Å². The van der Waals surface area contributed by atoms with Gasteiger partial charge in [0.2, 0.25) is 0 Å². The van der Waals surface area contributed by atoms with Gasteiger partial charge in [-0.2, -0.15) is 13.2 Å². The second-order valence-electron chi connectivity index (χ2n) is 5.93. The van der Waals surface area contributed by atoms with Crippen LogP contribution in [-0.4, -0.2) is 15.2 Å². The number of nitrogens with zero attached hydrogens (tertiary/aromatic N) is 1. The molecule has 0 atom stereocenters. The highest BCUT2D eigenvalue weighted by molar-refractivity contribution is 8.26. The van der Waals surface area contributed by atoms with Crippen molar-refractivity contribution in [2.24, 2.45) is 0 Å². The molecule has 4 nitrogen and oxygen atoms in total. The van der Waals surface area contributed by atoms with Crippen LogP contribution in [0.3, 0.4) is 0 Å². The first kappa shape index (κ1) is 19.2. The maximum Gasteiger partial charge on any atom is 0.416 e. The second-order valence-corrected chi connectivity index (χ2v) is 7.65. The van der Waals surface area contributed by atoms with E-state index < -0.39 is 11.7 Å². The van der Waals surface area contributed by atoms with E-state index in [0.29, 0.717) is 37.1 Å². The third kappa shape index (κ3) is 4.18. The molecule has 1 aliphatic rings. The zero-order chi connectivity index (χ0) is 20.6. The molecular formula is C20H9F3N2O2S2. The van der Waals surface area contributed by atoms with Crippen LogP contribution in [0.5, 0.6) is 0 Å². The highest BCUT2D eigenvalue weighted by atomic mass is 32.2. The molecule has 9 heteroatoms. The molecule has 1 saturated heterocycles. The van der Waals surface area contributed by atoms with Crippen LogP contribution >= 0.6 is 24.0 Å². The number of carbonyl (C=O) groups is 1. The fourth-order valence-electron chi connectivity index (χ4n) is 2.57. The quantitative estimate of drug-likeness (QED) is 0.344. The maximum atomic E-state index is 12.6. The second kappa shape index (κ2) is 7.39. The van der Waals surface area contributed by atoms with E-state index in [-0.39, 0.29) is 5.91 Å². The van der Waals surface area contributed by atoms with Gasteiger partial charge >= 0.3 is 6.18 Å². The van der Waals surface area contributed by atoms with Gasteiger partial charge in [-0.1, -0.05) is 35.8 Å². The lowest BCUT2D eigenvalue weighted by Gasteiger charge is -2.05. The predicted molar refractivity (Wildman–Crippen MR) is 108 cm³/mol. The Morgan fingerprint density at radius 1 is 1.17 bits per heavy atom. The summed E-state index contributed by atoms with van der Waals surface area (Å²) in [5, 5.41) is 3.21. The Bertz CT molecular complexity index is 1230. The minimum Gasteiger partial charge on any atom is -0.455 e. The predicted octanol–water partition coefficient (Wildman–Crippen LogP) is 4.74. The molecule has 0 saturated carbocycles. The van der Waals surface area contributed by atoms with Crippen molar-refractivity contribution in [2.45, 2.75) is 6.18 Å². The van der Waals surface area contributed by atoms with Crippen molar-refractivity contribution in [3.63, 3.8) is 0 Å². The van der Waals surface area contributed by atoms with Gasteiger partial charge in [0.05, 0.1) is 16.0 Å². The van der Waals surface area contributed by atoms with E-state index in [1.807, 2.05) is 0 Å². The number of thiocarbonyl (C=S) groups is 1. The van der Waals surface area contributed by atoms with Gasteiger partial charge in [0, 0.05) is 29.4 Å². The normalized spacial score (nSPS) is 15.5. The summed E-state index contributed by atoms with van der Waals surface area (Å²) in [5.74, 6) is 5.83. The molecule has 1 amide bonds. The molecule has 0 bridgehead atoms. The molecule has 0 spiro atoms. The number of carbonyl (C=O) groups excluding carboxylic acids is 1. The van der Waals surface area contributed by atoms with Gasteiger partial charge in [-0.3, -0.25) is 9.78 Å². The van der Waals surface area contributed by atoms with Crippen molar-refractivity contribution in [3.05, 3.63) is 70.1 Å². The Labute approximate surface area is 172 Å². The van der Waals surface area contributed by atoms with Crippen LogP contribution in [0.1, 0.15) is 22.5 Å². The number of fused-ring (bicyclic) bond motifs is 1. The minimum atomic E-state index is -4.39. The largest absolute Gasteiger partial charge is 0.455 e. The molecule has 144 valence electrons. The zero-order valence-corrected chi connectivity index (χ0v) is 16.0. The number of rotatable bonds is 1. The molecule has 1 aromatic carbocycles. The maximum absolute atomic E-state index is 12.6. The van der Waals surface area contributed by atoms with Gasteiger partial charge in [-0.25, -0.2) is 0 Å². The summed E-state index contributed by atoms with van der Waals surface area (Å²) < 4.78 is 44.1. The molecule has 0 aliphatic carbocycles. The average molecular weight is 430 g/mol.